The molecule has 0 saturated heterocycles. The topological polar surface area (TPSA) is 80.3 Å². The predicted octanol–water partition coefficient (Wildman–Crippen LogP) is 2.25. The molecule has 0 unspecified atom stereocenters. The van der Waals surface area contributed by atoms with E-state index in [1.165, 1.54) is 19.1 Å². The maximum absolute atomic E-state index is 11.6. The average molecular weight is 326 g/mol. The van der Waals surface area contributed by atoms with Gasteiger partial charge in [-0.15, -0.1) is 0 Å². The minimum Gasteiger partial charge on any atom is -0.283 e. The van der Waals surface area contributed by atoms with Gasteiger partial charge in [0.2, 0.25) is 10.0 Å². The number of rotatable bonds is 5. The second-order valence-corrected chi connectivity index (χ2v) is 8.65. The molecule has 0 heterocycles. The van der Waals surface area contributed by atoms with Crippen LogP contribution in [0.4, 0.5) is 5.69 Å². The summed E-state index contributed by atoms with van der Waals surface area (Å²) >= 11 is 0. The van der Waals surface area contributed by atoms with E-state index in [0.717, 1.165) is 0 Å². The van der Waals surface area contributed by atoms with Gasteiger partial charge < -0.3 is 0 Å². The molecular formula is C11H16ClNO4S2. The van der Waals surface area contributed by atoms with Gasteiger partial charge >= 0.3 is 0 Å². The first-order valence-corrected chi connectivity index (χ1v) is 9.65. The Labute approximate surface area is 118 Å². The molecule has 0 aliphatic carbocycles. The van der Waals surface area contributed by atoms with Gasteiger partial charge in [0.1, 0.15) is 0 Å². The third-order valence-corrected chi connectivity index (χ3v) is 5.30. The van der Waals surface area contributed by atoms with Crippen molar-refractivity contribution in [2.75, 3.05) is 10.5 Å². The first kappa shape index (κ1) is 16.3. The molecule has 1 N–H and O–H groups in total. The lowest BCUT2D eigenvalue weighted by atomic mass is 10.1. The third-order valence-electron chi connectivity index (χ3n) is 2.69. The Kier molecular flexibility index (Phi) is 4.86. The summed E-state index contributed by atoms with van der Waals surface area (Å²) in [7, 11) is -1.93. The second kappa shape index (κ2) is 5.68. The highest BCUT2D eigenvalue weighted by Crippen LogP contribution is 2.28. The third kappa shape index (κ3) is 4.09. The quantitative estimate of drug-likeness (QED) is 0.842. The first-order valence-electron chi connectivity index (χ1n) is 5.69. The number of anilines is 1. The fraction of sp³-hybridized carbons (Fsp3) is 0.455. The lowest BCUT2D eigenvalue weighted by Gasteiger charge is -2.15. The van der Waals surface area contributed by atoms with Gasteiger partial charge in [-0.05, 0) is 43.5 Å². The molecule has 0 aliphatic rings. The second-order valence-electron chi connectivity index (χ2n) is 4.07. The lowest BCUT2D eigenvalue weighted by Crippen LogP contribution is -2.17. The molecule has 0 aromatic heterocycles. The van der Waals surface area contributed by atoms with Gasteiger partial charge in [0.15, 0.2) is 0 Å². The summed E-state index contributed by atoms with van der Waals surface area (Å²) in [5, 5.41) is 0. The van der Waals surface area contributed by atoms with Crippen molar-refractivity contribution >= 4 is 35.4 Å². The molecule has 8 heteroatoms. The maximum Gasteiger partial charge on any atom is 0.261 e. The molecule has 5 nitrogen and oxygen atoms in total. The van der Waals surface area contributed by atoms with Crippen LogP contribution in [-0.4, -0.2) is 22.6 Å². The van der Waals surface area contributed by atoms with Crippen molar-refractivity contribution in [3.63, 3.8) is 0 Å². The monoisotopic (exact) mass is 325 g/mol. The highest BCUT2D eigenvalue weighted by Gasteiger charge is 2.17. The van der Waals surface area contributed by atoms with E-state index >= 15 is 0 Å². The van der Waals surface area contributed by atoms with Crippen molar-refractivity contribution in [1.82, 2.24) is 0 Å². The average Bonchev–Trinajstić information content (AvgIpc) is 2.30. The summed E-state index contributed by atoms with van der Waals surface area (Å²) in [6.45, 7) is 4.97. The number of benzene rings is 1. The van der Waals surface area contributed by atoms with E-state index in [1.54, 1.807) is 6.92 Å². The Morgan fingerprint density at radius 1 is 1.16 bits per heavy atom. The molecule has 108 valence electrons. The molecule has 0 aliphatic heterocycles. The van der Waals surface area contributed by atoms with Crippen LogP contribution in [0.15, 0.2) is 17.0 Å². The molecule has 1 aromatic carbocycles. The molecule has 0 radical (unpaired) electrons. The molecule has 0 bridgehead atoms. The van der Waals surface area contributed by atoms with E-state index in [4.69, 9.17) is 10.7 Å². The zero-order valence-corrected chi connectivity index (χ0v) is 13.3. The van der Waals surface area contributed by atoms with Crippen LogP contribution >= 0.6 is 10.7 Å². The summed E-state index contributed by atoms with van der Waals surface area (Å²) in [6, 6.07) is 2.75. The first-order chi connectivity index (χ1) is 8.60. The van der Waals surface area contributed by atoms with E-state index in [9.17, 15) is 16.8 Å². The Morgan fingerprint density at radius 2 is 1.74 bits per heavy atom. The minimum atomic E-state index is -3.83. The van der Waals surface area contributed by atoms with Crippen molar-refractivity contribution in [3.8, 4) is 0 Å². The van der Waals surface area contributed by atoms with Gasteiger partial charge in [-0.25, -0.2) is 16.8 Å². The number of aryl methyl sites for hydroxylation is 2. The summed E-state index contributed by atoms with van der Waals surface area (Å²) in [6.07, 6.45) is 0.489. The molecule has 0 fully saturated rings. The summed E-state index contributed by atoms with van der Waals surface area (Å²) < 4.78 is 48.4. The smallest absolute Gasteiger partial charge is 0.261 e. The molecule has 1 rings (SSSR count). The Hall–Kier alpha value is -0.790. The molecule has 19 heavy (non-hydrogen) atoms. The standard InChI is InChI=1S/C11H16ClNO4S2/c1-4-9-7-10(19(12,16)17)6-8(3)11(9)13-18(14,15)5-2/h6-7,13H,4-5H2,1-3H3. The van der Waals surface area contributed by atoms with Crippen LogP contribution < -0.4 is 4.72 Å². The van der Waals surface area contributed by atoms with Crippen LogP contribution in [0.2, 0.25) is 0 Å². The van der Waals surface area contributed by atoms with Gasteiger partial charge in [-0.1, -0.05) is 6.92 Å². The number of hydrogen-bond acceptors (Lipinski definition) is 4. The van der Waals surface area contributed by atoms with Gasteiger partial charge in [-0.2, -0.15) is 0 Å². The Balaban J connectivity index is 3.43. The largest absolute Gasteiger partial charge is 0.283 e. The van der Waals surface area contributed by atoms with E-state index in [2.05, 4.69) is 4.72 Å². The van der Waals surface area contributed by atoms with Gasteiger partial charge in [0.25, 0.3) is 9.05 Å². The molecule has 0 amide bonds. The fourth-order valence-electron chi connectivity index (χ4n) is 1.62. The van der Waals surface area contributed by atoms with E-state index in [-0.39, 0.29) is 10.6 Å². The van der Waals surface area contributed by atoms with E-state index in [0.29, 0.717) is 23.2 Å². The van der Waals surface area contributed by atoms with Gasteiger partial charge in [0.05, 0.1) is 16.3 Å². The number of sulfonamides is 1. The van der Waals surface area contributed by atoms with Crippen LogP contribution in [0, 0.1) is 6.92 Å². The number of hydrogen-bond donors (Lipinski definition) is 1. The van der Waals surface area contributed by atoms with Crippen molar-refractivity contribution < 1.29 is 16.8 Å². The van der Waals surface area contributed by atoms with Crippen molar-refractivity contribution in [2.45, 2.75) is 32.1 Å². The van der Waals surface area contributed by atoms with Crippen LogP contribution in [0.3, 0.4) is 0 Å². The van der Waals surface area contributed by atoms with Crippen molar-refractivity contribution in [2.24, 2.45) is 0 Å². The normalized spacial score (nSPS) is 12.4. The van der Waals surface area contributed by atoms with E-state index in [1.807, 2.05) is 6.92 Å². The zero-order chi connectivity index (χ0) is 14.8. The Bertz CT molecular complexity index is 681. The van der Waals surface area contributed by atoms with Crippen LogP contribution in [0.1, 0.15) is 25.0 Å². The molecule has 1 aromatic rings. The SMILES string of the molecule is CCc1cc(S(=O)(=O)Cl)cc(C)c1NS(=O)(=O)CC. The van der Waals surface area contributed by atoms with Crippen LogP contribution in [-0.2, 0) is 25.5 Å². The van der Waals surface area contributed by atoms with Gasteiger partial charge in [-0.3, -0.25) is 4.72 Å². The van der Waals surface area contributed by atoms with Crippen molar-refractivity contribution in [1.29, 1.82) is 0 Å². The molecule has 0 spiro atoms. The fourth-order valence-corrected chi connectivity index (χ4v) is 3.23. The van der Waals surface area contributed by atoms with Gasteiger partial charge in [0, 0.05) is 10.7 Å². The molecule has 0 atom stereocenters. The highest BCUT2D eigenvalue weighted by molar-refractivity contribution is 8.13. The van der Waals surface area contributed by atoms with Crippen LogP contribution in [0.5, 0.6) is 0 Å². The van der Waals surface area contributed by atoms with Crippen LogP contribution in [0.25, 0.3) is 0 Å². The minimum absolute atomic E-state index is 0.0250. The summed E-state index contributed by atoms with van der Waals surface area (Å²) in [5.41, 5.74) is 1.54. The highest BCUT2D eigenvalue weighted by atomic mass is 35.7. The Morgan fingerprint density at radius 3 is 2.16 bits per heavy atom. The number of halogens is 1. The molecular weight excluding hydrogens is 310 g/mol. The van der Waals surface area contributed by atoms with E-state index < -0.39 is 19.1 Å². The van der Waals surface area contributed by atoms with Crippen molar-refractivity contribution in [3.05, 3.63) is 23.3 Å². The number of nitrogens with one attached hydrogen (secondary N) is 1. The summed E-state index contributed by atoms with van der Waals surface area (Å²) in [5.74, 6) is -0.0504. The summed E-state index contributed by atoms with van der Waals surface area (Å²) in [4.78, 5) is -0.0250. The molecule has 0 saturated carbocycles. The predicted molar refractivity (Wildman–Crippen MR) is 76.7 cm³/mol. The maximum atomic E-state index is 11.6. The lowest BCUT2D eigenvalue weighted by molar-refractivity contribution is 0.602. The zero-order valence-electron chi connectivity index (χ0n) is 10.9.